The average Bonchev–Trinajstić information content (AvgIpc) is 3.17. The normalized spacial score (nSPS) is 16.0. The second-order valence-corrected chi connectivity index (χ2v) is 8.19. The molecule has 29 heavy (non-hydrogen) atoms. The summed E-state index contributed by atoms with van der Waals surface area (Å²) in [5.41, 5.74) is 3.17. The number of aromatic nitrogens is 4. The second kappa shape index (κ2) is 8.88. The first-order valence-electron chi connectivity index (χ1n) is 10.6. The highest BCUT2D eigenvalue weighted by atomic mass is 15.3. The molecule has 0 amide bonds. The highest BCUT2D eigenvalue weighted by Crippen LogP contribution is 2.23. The largest absolute Gasteiger partial charge is 0.369 e. The molecule has 0 aliphatic carbocycles. The van der Waals surface area contributed by atoms with Gasteiger partial charge in [0.25, 0.3) is 0 Å². The molecule has 4 rings (SSSR count). The molecule has 0 saturated carbocycles. The third kappa shape index (κ3) is 4.57. The summed E-state index contributed by atoms with van der Waals surface area (Å²) in [4.78, 5) is 13.9. The SMILES string of the molecule is CC(C)c1ccc(-n2ncc3c(NCCCN4CCN(C)CC4)ncnc32)cc1. The van der Waals surface area contributed by atoms with E-state index in [9.17, 15) is 0 Å². The van der Waals surface area contributed by atoms with Crippen LogP contribution in [0.2, 0.25) is 0 Å². The molecule has 0 spiro atoms. The molecule has 3 aromatic rings. The van der Waals surface area contributed by atoms with Crippen LogP contribution in [-0.2, 0) is 0 Å². The zero-order chi connectivity index (χ0) is 20.2. The fourth-order valence-electron chi connectivity index (χ4n) is 3.76. The van der Waals surface area contributed by atoms with Gasteiger partial charge >= 0.3 is 0 Å². The van der Waals surface area contributed by atoms with Gasteiger partial charge in [0.05, 0.1) is 17.3 Å². The van der Waals surface area contributed by atoms with E-state index in [1.807, 2.05) is 10.9 Å². The lowest BCUT2D eigenvalue weighted by atomic mass is 10.0. The Labute approximate surface area is 172 Å². The Bertz CT molecular complexity index is 924. The van der Waals surface area contributed by atoms with Crippen molar-refractivity contribution >= 4 is 16.9 Å². The Hall–Kier alpha value is -2.51. The minimum Gasteiger partial charge on any atom is -0.369 e. The number of rotatable bonds is 7. The van der Waals surface area contributed by atoms with Crippen molar-refractivity contribution < 1.29 is 0 Å². The van der Waals surface area contributed by atoms with Gasteiger partial charge in [0.2, 0.25) is 0 Å². The van der Waals surface area contributed by atoms with E-state index in [-0.39, 0.29) is 0 Å². The Morgan fingerprint density at radius 1 is 1.03 bits per heavy atom. The van der Waals surface area contributed by atoms with Crippen LogP contribution >= 0.6 is 0 Å². The Kier molecular flexibility index (Phi) is 6.06. The van der Waals surface area contributed by atoms with Gasteiger partial charge in [-0.05, 0) is 43.6 Å². The maximum Gasteiger partial charge on any atom is 0.168 e. The molecule has 1 aliphatic rings. The first-order valence-corrected chi connectivity index (χ1v) is 10.6. The van der Waals surface area contributed by atoms with Crippen LogP contribution in [-0.4, -0.2) is 75.9 Å². The molecule has 1 fully saturated rings. The first-order chi connectivity index (χ1) is 14.1. The Balaban J connectivity index is 1.41. The van der Waals surface area contributed by atoms with Crippen molar-refractivity contribution in [2.24, 2.45) is 0 Å². The molecule has 2 aromatic heterocycles. The standard InChI is InChI=1S/C22H31N7/c1-17(2)18-5-7-19(8-6-18)29-22-20(15-26-29)21(24-16-25-22)23-9-4-10-28-13-11-27(3)12-14-28/h5-8,15-17H,4,9-14H2,1-3H3,(H,23,24,25). The van der Waals surface area contributed by atoms with Gasteiger partial charge in [-0.25, -0.2) is 14.6 Å². The minimum absolute atomic E-state index is 0.516. The van der Waals surface area contributed by atoms with Crippen LogP contribution < -0.4 is 5.32 Å². The van der Waals surface area contributed by atoms with E-state index in [0.29, 0.717) is 5.92 Å². The summed E-state index contributed by atoms with van der Waals surface area (Å²) in [6.45, 7) is 11.1. The minimum atomic E-state index is 0.516. The Morgan fingerprint density at radius 2 is 1.79 bits per heavy atom. The fourth-order valence-corrected chi connectivity index (χ4v) is 3.76. The number of nitrogens with one attached hydrogen (secondary N) is 1. The van der Waals surface area contributed by atoms with Crippen LogP contribution in [0.15, 0.2) is 36.8 Å². The number of nitrogens with zero attached hydrogens (tertiary/aromatic N) is 6. The van der Waals surface area contributed by atoms with Crippen molar-refractivity contribution in [2.75, 3.05) is 51.6 Å². The first kappa shape index (κ1) is 19.8. The van der Waals surface area contributed by atoms with Crippen molar-refractivity contribution in [1.29, 1.82) is 0 Å². The van der Waals surface area contributed by atoms with Crippen LogP contribution in [0.5, 0.6) is 0 Å². The van der Waals surface area contributed by atoms with Crippen LogP contribution in [0.3, 0.4) is 0 Å². The summed E-state index contributed by atoms with van der Waals surface area (Å²) in [6, 6.07) is 8.53. The number of fused-ring (bicyclic) bond motifs is 1. The number of piperazine rings is 1. The molecule has 0 bridgehead atoms. The van der Waals surface area contributed by atoms with E-state index < -0.39 is 0 Å². The third-order valence-corrected chi connectivity index (χ3v) is 5.71. The Morgan fingerprint density at radius 3 is 2.52 bits per heavy atom. The van der Waals surface area contributed by atoms with E-state index >= 15 is 0 Å². The maximum absolute atomic E-state index is 4.57. The van der Waals surface area contributed by atoms with E-state index in [0.717, 1.165) is 68.2 Å². The van der Waals surface area contributed by atoms with E-state index in [2.05, 4.69) is 75.3 Å². The van der Waals surface area contributed by atoms with Crippen LogP contribution in [0.1, 0.15) is 31.7 Å². The quantitative estimate of drug-likeness (QED) is 0.623. The summed E-state index contributed by atoms with van der Waals surface area (Å²) in [7, 11) is 2.19. The molecule has 0 radical (unpaired) electrons. The van der Waals surface area contributed by atoms with Crippen molar-refractivity contribution in [3.8, 4) is 5.69 Å². The monoisotopic (exact) mass is 393 g/mol. The zero-order valence-electron chi connectivity index (χ0n) is 17.7. The average molecular weight is 394 g/mol. The van der Waals surface area contributed by atoms with Crippen molar-refractivity contribution in [3.63, 3.8) is 0 Å². The molecule has 3 heterocycles. The number of anilines is 1. The lowest BCUT2D eigenvalue weighted by molar-refractivity contribution is 0.154. The van der Waals surface area contributed by atoms with Crippen molar-refractivity contribution in [1.82, 2.24) is 29.5 Å². The van der Waals surface area contributed by atoms with E-state index in [1.165, 1.54) is 5.56 Å². The smallest absolute Gasteiger partial charge is 0.168 e. The predicted molar refractivity (Wildman–Crippen MR) is 118 cm³/mol. The predicted octanol–water partition coefficient (Wildman–Crippen LogP) is 2.99. The third-order valence-electron chi connectivity index (χ3n) is 5.71. The molecule has 7 heteroatoms. The molecule has 1 saturated heterocycles. The van der Waals surface area contributed by atoms with E-state index in [1.54, 1.807) is 6.33 Å². The van der Waals surface area contributed by atoms with Gasteiger partial charge in [-0.1, -0.05) is 26.0 Å². The van der Waals surface area contributed by atoms with Crippen molar-refractivity contribution in [3.05, 3.63) is 42.4 Å². The lowest BCUT2D eigenvalue weighted by Crippen LogP contribution is -2.44. The molecule has 0 atom stereocenters. The molecule has 0 unspecified atom stereocenters. The zero-order valence-corrected chi connectivity index (χ0v) is 17.7. The summed E-state index contributed by atoms with van der Waals surface area (Å²) in [5, 5.41) is 9.01. The second-order valence-electron chi connectivity index (χ2n) is 8.19. The molecule has 1 aromatic carbocycles. The van der Waals surface area contributed by atoms with Crippen LogP contribution in [0, 0.1) is 0 Å². The topological polar surface area (TPSA) is 62.1 Å². The lowest BCUT2D eigenvalue weighted by Gasteiger charge is -2.32. The number of likely N-dealkylation sites (N-methyl/N-ethyl adjacent to an activating group) is 1. The molecular weight excluding hydrogens is 362 g/mol. The van der Waals surface area contributed by atoms with Gasteiger partial charge in [-0.15, -0.1) is 0 Å². The summed E-state index contributed by atoms with van der Waals surface area (Å²) >= 11 is 0. The fraction of sp³-hybridized carbons (Fsp3) is 0.500. The van der Waals surface area contributed by atoms with Gasteiger partial charge in [-0.2, -0.15) is 5.10 Å². The van der Waals surface area contributed by atoms with Gasteiger partial charge in [0.1, 0.15) is 12.1 Å². The summed E-state index contributed by atoms with van der Waals surface area (Å²) in [6.07, 6.45) is 4.57. The molecule has 1 aliphatic heterocycles. The molecular formula is C22H31N7. The van der Waals surface area contributed by atoms with Crippen LogP contribution in [0.4, 0.5) is 5.82 Å². The maximum atomic E-state index is 4.57. The van der Waals surface area contributed by atoms with Gasteiger partial charge in [0.15, 0.2) is 5.65 Å². The highest BCUT2D eigenvalue weighted by molar-refractivity contribution is 5.87. The van der Waals surface area contributed by atoms with Crippen LogP contribution in [0.25, 0.3) is 16.7 Å². The summed E-state index contributed by atoms with van der Waals surface area (Å²) in [5.74, 6) is 1.38. The molecule has 154 valence electrons. The molecule has 1 N–H and O–H groups in total. The number of hydrogen-bond donors (Lipinski definition) is 1. The number of hydrogen-bond acceptors (Lipinski definition) is 6. The van der Waals surface area contributed by atoms with Gasteiger partial charge in [-0.3, -0.25) is 0 Å². The van der Waals surface area contributed by atoms with Gasteiger partial charge in [0, 0.05) is 32.7 Å². The van der Waals surface area contributed by atoms with E-state index in [4.69, 9.17) is 0 Å². The number of benzene rings is 1. The molecule has 7 nitrogen and oxygen atoms in total. The van der Waals surface area contributed by atoms with Gasteiger partial charge < -0.3 is 15.1 Å². The van der Waals surface area contributed by atoms with Crippen molar-refractivity contribution in [2.45, 2.75) is 26.2 Å². The summed E-state index contributed by atoms with van der Waals surface area (Å²) < 4.78 is 1.89. The highest BCUT2D eigenvalue weighted by Gasteiger charge is 2.14.